The van der Waals surface area contributed by atoms with Crippen LogP contribution in [0, 0.1) is 11.8 Å². The van der Waals surface area contributed by atoms with Crippen molar-refractivity contribution in [1.82, 2.24) is 5.32 Å². The number of anilines is 1. The van der Waals surface area contributed by atoms with Crippen molar-refractivity contribution in [3.05, 3.63) is 29.3 Å². The monoisotopic (exact) mass is 232 g/mol. The molecule has 92 valence electrons. The van der Waals surface area contributed by atoms with Crippen LogP contribution in [0.4, 0.5) is 5.69 Å². The van der Waals surface area contributed by atoms with Gasteiger partial charge < -0.3 is 16.2 Å². The number of fused-ring (bicyclic) bond motifs is 1. The van der Waals surface area contributed by atoms with Gasteiger partial charge in [0.1, 0.15) is 0 Å². The van der Waals surface area contributed by atoms with Gasteiger partial charge in [0.05, 0.1) is 6.10 Å². The lowest BCUT2D eigenvalue weighted by Crippen LogP contribution is -2.33. The van der Waals surface area contributed by atoms with Crippen molar-refractivity contribution in [3.8, 4) is 0 Å². The largest absolute Gasteiger partial charge is 0.399 e. The second-order valence-electron chi connectivity index (χ2n) is 5.36. The van der Waals surface area contributed by atoms with E-state index in [1.54, 1.807) is 0 Å². The number of hydrogen-bond acceptors (Lipinski definition) is 3. The molecule has 17 heavy (non-hydrogen) atoms. The number of nitrogens with two attached hydrogens (primary N) is 1. The molecule has 0 spiro atoms. The quantitative estimate of drug-likeness (QED) is 0.643. The summed E-state index contributed by atoms with van der Waals surface area (Å²) < 4.78 is 0. The third-order valence-corrected chi connectivity index (χ3v) is 4.34. The van der Waals surface area contributed by atoms with Gasteiger partial charge in [0.25, 0.3) is 0 Å². The van der Waals surface area contributed by atoms with Crippen molar-refractivity contribution in [1.29, 1.82) is 0 Å². The van der Waals surface area contributed by atoms with E-state index in [9.17, 15) is 5.11 Å². The second-order valence-corrected chi connectivity index (χ2v) is 5.36. The number of aliphatic hydroxyl groups is 1. The van der Waals surface area contributed by atoms with Crippen molar-refractivity contribution < 1.29 is 5.11 Å². The molecule has 1 fully saturated rings. The average Bonchev–Trinajstić information content (AvgIpc) is 2.67. The number of aliphatic hydroxyl groups excluding tert-OH is 1. The van der Waals surface area contributed by atoms with Crippen molar-refractivity contribution in [2.24, 2.45) is 11.8 Å². The minimum Gasteiger partial charge on any atom is -0.399 e. The van der Waals surface area contributed by atoms with Crippen LogP contribution < -0.4 is 11.1 Å². The summed E-state index contributed by atoms with van der Waals surface area (Å²) >= 11 is 0. The highest BCUT2D eigenvalue weighted by Crippen LogP contribution is 2.43. The van der Waals surface area contributed by atoms with Gasteiger partial charge in [-0.1, -0.05) is 6.07 Å². The third kappa shape index (κ3) is 1.94. The van der Waals surface area contributed by atoms with Crippen LogP contribution in [0.3, 0.4) is 0 Å². The Morgan fingerprint density at radius 2 is 2.00 bits per heavy atom. The number of nitrogens with one attached hydrogen (secondary N) is 1. The van der Waals surface area contributed by atoms with Gasteiger partial charge in [0, 0.05) is 5.69 Å². The van der Waals surface area contributed by atoms with Gasteiger partial charge in [-0.05, 0) is 67.4 Å². The molecule has 1 aliphatic carbocycles. The van der Waals surface area contributed by atoms with E-state index in [0.29, 0.717) is 11.8 Å². The number of rotatable bonds is 1. The summed E-state index contributed by atoms with van der Waals surface area (Å²) in [5, 5.41) is 13.8. The van der Waals surface area contributed by atoms with Crippen LogP contribution in [-0.4, -0.2) is 18.2 Å². The Bertz CT molecular complexity index is 413. The molecule has 0 aromatic heterocycles. The first kappa shape index (κ1) is 11.1. The van der Waals surface area contributed by atoms with Crippen LogP contribution in [0.15, 0.2) is 18.2 Å². The third-order valence-electron chi connectivity index (χ3n) is 4.34. The summed E-state index contributed by atoms with van der Waals surface area (Å²) in [5.41, 5.74) is 8.97. The predicted octanol–water partition coefficient (Wildman–Crippen LogP) is 1.47. The standard InChI is InChI=1S/C14H20N2O/c15-11-1-2-12-10(7-11)8-13(14(12)17)9-3-5-16-6-4-9/h1-2,7,9,13-14,16-17H,3-6,8,15H2. The summed E-state index contributed by atoms with van der Waals surface area (Å²) in [6.07, 6.45) is 3.08. The molecular weight excluding hydrogens is 212 g/mol. The maximum absolute atomic E-state index is 10.4. The van der Waals surface area contributed by atoms with Crippen LogP contribution in [-0.2, 0) is 6.42 Å². The van der Waals surface area contributed by atoms with Crippen LogP contribution >= 0.6 is 0 Å². The molecule has 3 rings (SSSR count). The number of benzene rings is 1. The van der Waals surface area contributed by atoms with E-state index >= 15 is 0 Å². The zero-order valence-electron chi connectivity index (χ0n) is 10.0. The molecule has 2 atom stereocenters. The lowest BCUT2D eigenvalue weighted by molar-refractivity contribution is 0.0747. The summed E-state index contributed by atoms with van der Waals surface area (Å²) in [7, 11) is 0. The molecule has 3 heteroatoms. The van der Waals surface area contributed by atoms with Crippen molar-refractivity contribution in [3.63, 3.8) is 0 Å². The van der Waals surface area contributed by atoms with Crippen LogP contribution in [0.2, 0.25) is 0 Å². The Morgan fingerprint density at radius 1 is 1.24 bits per heavy atom. The van der Waals surface area contributed by atoms with E-state index in [1.165, 1.54) is 18.4 Å². The van der Waals surface area contributed by atoms with Crippen LogP contribution in [0.1, 0.15) is 30.1 Å². The maximum atomic E-state index is 10.4. The number of nitrogen functional groups attached to an aromatic ring is 1. The van der Waals surface area contributed by atoms with Gasteiger partial charge in [-0.2, -0.15) is 0 Å². The van der Waals surface area contributed by atoms with Gasteiger partial charge in [0.2, 0.25) is 0 Å². The molecule has 1 aromatic carbocycles. The lowest BCUT2D eigenvalue weighted by atomic mass is 9.82. The molecule has 4 N–H and O–H groups in total. The highest BCUT2D eigenvalue weighted by molar-refractivity contribution is 5.47. The fourth-order valence-corrected chi connectivity index (χ4v) is 3.38. The number of hydrogen-bond donors (Lipinski definition) is 3. The first-order valence-electron chi connectivity index (χ1n) is 6.53. The molecule has 1 aliphatic heterocycles. The predicted molar refractivity (Wildman–Crippen MR) is 68.6 cm³/mol. The Hall–Kier alpha value is -1.06. The minimum absolute atomic E-state index is 0.284. The fourth-order valence-electron chi connectivity index (χ4n) is 3.38. The topological polar surface area (TPSA) is 58.3 Å². The molecule has 2 aliphatic rings. The van der Waals surface area contributed by atoms with E-state index in [1.807, 2.05) is 18.2 Å². The van der Waals surface area contributed by atoms with E-state index in [-0.39, 0.29) is 6.10 Å². The first-order chi connectivity index (χ1) is 8.25. The van der Waals surface area contributed by atoms with E-state index in [0.717, 1.165) is 30.8 Å². The molecular formula is C14H20N2O. The van der Waals surface area contributed by atoms with Gasteiger partial charge >= 0.3 is 0 Å². The van der Waals surface area contributed by atoms with Crippen molar-refractivity contribution in [2.75, 3.05) is 18.8 Å². The van der Waals surface area contributed by atoms with Gasteiger partial charge in [-0.3, -0.25) is 0 Å². The van der Waals surface area contributed by atoms with Gasteiger partial charge in [0.15, 0.2) is 0 Å². The smallest absolute Gasteiger partial charge is 0.0826 e. The molecule has 0 radical (unpaired) electrons. The van der Waals surface area contributed by atoms with E-state index in [4.69, 9.17) is 5.73 Å². The minimum atomic E-state index is -0.284. The van der Waals surface area contributed by atoms with Gasteiger partial charge in [-0.15, -0.1) is 0 Å². The Morgan fingerprint density at radius 3 is 2.76 bits per heavy atom. The summed E-state index contributed by atoms with van der Waals surface area (Å²) in [6, 6.07) is 5.92. The summed E-state index contributed by atoms with van der Waals surface area (Å²) in [5.74, 6) is 1.05. The van der Waals surface area contributed by atoms with E-state index < -0.39 is 0 Å². The Balaban J connectivity index is 1.82. The van der Waals surface area contributed by atoms with Crippen LogP contribution in [0.25, 0.3) is 0 Å². The molecule has 0 amide bonds. The molecule has 3 nitrogen and oxygen atoms in total. The summed E-state index contributed by atoms with van der Waals surface area (Å²) in [6.45, 7) is 2.18. The molecule has 1 aromatic rings. The highest BCUT2D eigenvalue weighted by Gasteiger charge is 2.36. The highest BCUT2D eigenvalue weighted by atomic mass is 16.3. The van der Waals surface area contributed by atoms with Crippen LogP contribution in [0.5, 0.6) is 0 Å². The molecule has 1 heterocycles. The lowest BCUT2D eigenvalue weighted by Gasteiger charge is -2.30. The maximum Gasteiger partial charge on any atom is 0.0826 e. The fraction of sp³-hybridized carbons (Fsp3) is 0.571. The normalized spacial score (nSPS) is 29.2. The zero-order chi connectivity index (χ0) is 11.8. The second kappa shape index (κ2) is 4.31. The Labute approximate surface area is 102 Å². The van der Waals surface area contributed by atoms with Crippen molar-refractivity contribution in [2.45, 2.75) is 25.4 Å². The number of piperidine rings is 1. The zero-order valence-corrected chi connectivity index (χ0v) is 10.0. The Kier molecular flexibility index (Phi) is 2.81. The van der Waals surface area contributed by atoms with Crippen molar-refractivity contribution >= 4 is 5.69 Å². The molecule has 0 bridgehead atoms. The summed E-state index contributed by atoms with van der Waals surface area (Å²) in [4.78, 5) is 0. The molecule has 1 saturated heterocycles. The average molecular weight is 232 g/mol. The molecule has 2 unspecified atom stereocenters. The van der Waals surface area contributed by atoms with E-state index in [2.05, 4.69) is 5.32 Å². The molecule has 0 saturated carbocycles. The first-order valence-corrected chi connectivity index (χ1v) is 6.53. The SMILES string of the molecule is Nc1ccc2c(c1)CC(C1CCNCC1)C2O. The van der Waals surface area contributed by atoms with Gasteiger partial charge in [-0.25, -0.2) is 0 Å².